The molecule has 8 heteroatoms. The van der Waals surface area contributed by atoms with E-state index in [4.69, 9.17) is 0 Å². The summed E-state index contributed by atoms with van der Waals surface area (Å²) in [5.41, 5.74) is 0. The summed E-state index contributed by atoms with van der Waals surface area (Å²) in [6.07, 6.45) is 1.16. The van der Waals surface area contributed by atoms with Gasteiger partial charge in [-0.2, -0.15) is 0 Å². The minimum absolute atomic E-state index is 0.125. The first kappa shape index (κ1) is 14.7. The van der Waals surface area contributed by atoms with Crippen LogP contribution in [-0.2, 0) is 24.5 Å². The fourth-order valence-corrected chi connectivity index (χ4v) is 7.96. The molecule has 1 aliphatic rings. The average molecular weight is 298 g/mol. The summed E-state index contributed by atoms with van der Waals surface area (Å²) in [7, 11) is -7.46. The highest BCUT2D eigenvalue weighted by Gasteiger charge is 2.52. The molecular weight excluding hydrogens is 284 g/mol. The minimum Gasteiger partial charge on any atom is -0.282 e. The highest BCUT2D eigenvalue weighted by Crippen LogP contribution is 2.34. The molecule has 1 rings (SSSR count). The second-order valence-corrected chi connectivity index (χ2v) is 10.3. The molecule has 0 spiro atoms. The van der Waals surface area contributed by atoms with Gasteiger partial charge in [-0.05, 0) is 19.4 Å². The Morgan fingerprint density at radius 2 is 1.76 bits per heavy atom. The standard InChI is InChI=1S/C9H14O5S3/c1-3-8(10)15-7-9(2)16(11,12)5-4-6-17(9,13)14/h3H,1,4-7H2,2H3. The van der Waals surface area contributed by atoms with Gasteiger partial charge in [0.2, 0.25) is 5.12 Å². The normalized spacial score (nSPS) is 25.0. The van der Waals surface area contributed by atoms with Crippen molar-refractivity contribution in [3.8, 4) is 0 Å². The highest BCUT2D eigenvalue weighted by molar-refractivity contribution is 8.17. The number of hydrogen-bond donors (Lipinski definition) is 0. The van der Waals surface area contributed by atoms with Gasteiger partial charge in [-0.15, -0.1) is 0 Å². The number of sulfone groups is 2. The number of carbonyl (C=O) groups excluding carboxylic acids is 1. The Morgan fingerprint density at radius 1 is 1.29 bits per heavy atom. The van der Waals surface area contributed by atoms with E-state index in [0.29, 0.717) is 11.8 Å². The third-order valence-corrected chi connectivity index (χ3v) is 10.4. The van der Waals surface area contributed by atoms with Crippen molar-refractivity contribution in [3.05, 3.63) is 12.7 Å². The van der Waals surface area contributed by atoms with E-state index >= 15 is 0 Å². The van der Waals surface area contributed by atoms with Crippen molar-refractivity contribution in [2.24, 2.45) is 0 Å². The van der Waals surface area contributed by atoms with Gasteiger partial charge in [0.15, 0.2) is 23.8 Å². The molecule has 0 aromatic heterocycles. The molecule has 0 bridgehead atoms. The van der Waals surface area contributed by atoms with Gasteiger partial charge in [0.25, 0.3) is 0 Å². The summed E-state index contributed by atoms with van der Waals surface area (Å²) in [5, 5.41) is -0.429. The molecule has 5 nitrogen and oxygen atoms in total. The van der Waals surface area contributed by atoms with Gasteiger partial charge >= 0.3 is 0 Å². The Labute approximate surface area is 105 Å². The zero-order valence-corrected chi connectivity index (χ0v) is 11.8. The Kier molecular flexibility index (Phi) is 4.10. The van der Waals surface area contributed by atoms with Crippen LogP contribution in [0.3, 0.4) is 0 Å². The Balaban J connectivity index is 3.11. The summed E-state index contributed by atoms with van der Waals surface area (Å²) >= 11 is 0.671. The lowest BCUT2D eigenvalue weighted by molar-refractivity contribution is -0.107. The van der Waals surface area contributed by atoms with Crippen molar-refractivity contribution in [1.82, 2.24) is 0 Å². The molecule has 0 radical (unpaired) electrons. The smallest absolute Gasteiger partial charge is 0.211 e. The molecule has 1 heterocycles. The molecule has 0 amide bonds. The molecule has 0 N–H and O–H groups in total. The SMILES string of the molecule is C=CC(=O)SCC1(C)S(=O)(=O)CCCS1(=O)=O. The Morgan fingerprint density at radius 3 is 2.18 bits per heavy atom. The molecule has 0 aliphatic carbocycles. The predicted octanol–water partition coefficient (Wildman–Crippen LogP) is 0.382. The van der Waals surface area contributed by atoms with E-state index in [1.165, 1.54) is 6.92 Å². The molecular formula is C9H14O5S3. The van der Waals surface area contributed by atoms with Crippen LogP contribution in [-0.4, -0.2) is 43.3 Å². The summed E-state index contributed by atoms with van der Waals surface area (Å²) in [4.78, 5) is 11.1. The first-order valence-electron chi connectivity index (χ1n) is 4.90. The van der Waals surface area contributed by atoms with E-state index in [1.54, 1.807) is 0 Å². The van der Waals surface area contributed by atoms with Crippen LogP contribution in [0.15, 0.2) is 12.7 Å². The lowest BCUT2D eigenvalue weighted by Crippen LogP contribution is -2.51. The van der Waals surface area contributed by atoms with Crippen molar-refractivity contribution in [2.45, 2.75) is 17.4 Å². The van der Waals surface area contributed by atoms with Gasteiger partial charge in [0.05, 0.1) is 11.5 Å². The quantitative estimate of drug-likeness (QED) is 0.700. The molecule has 0 atom stereocenters. The molecule has 0 saturated carbocycles. The fourth-order valence-electron chi connectivity index (χ4n) is 1.50. The maximum absolute atomic E-state index is 11.9. The van der Waals surface area contributed by atoms with Gasteiger partial charge in [0, 0.05) is 5.75 Å². The van der Waals surface area contributed by atoms with Crippen molar-refractivity contribution in [3.63, 3.8) is 0 Å². The van der Waals surface area contributed by atoms with E-state index in [9.17, 15) is 21.6 Å². The molecule has 1 fully saturated rings. The van der Waals surface area contributed by atoms with Crippen LogP contribution in [0.5, 0.6) is 0 Å². The van der Waals surface area contributed by atoms with E-state index in [0.717, 1.165) is 6.08 Å². The van der Waals surface area contributed by atoms with Gasteiger partial charge in [-0.1, -0.05) is 18.3 Å². The Bertz CT molecular complexity index is 495. The van der Waals surface area contributed by atoms with Gasteiger partial charge in [-0.25, -0.2) is 16.8 Å². The fraction of sp³-hybridized carbons (Fsp3) is 0.667. The summed E-state index contributed by atoms with van der Waals surface area (Å²) in [5.74, 6) is -0.570. The Hall–Kier alpha value is -0.340. The third kappa shape index (κ3) is 2.58. The van der Waals surface area contributed by atoms with Gasteiger partial charge in [-0.3, -0.25) is 4.79 Å². The second kappa shape index (κ2) is 4.74. The number of hydrogen-bond acceptors (Lipinski definition) is 6. The molecule has 98 valence electrons. The molecule has 0 aromatic carbocycles. The van der Waals surface area contributed by atoms with E-state index < -0.39 is 28.9 Å². The van der Waals surface area contributed by atoms with Crippen molar-refractivity contribution >= 4 is 36.6 Å². The lowest BCUT2D eigenvalue weighted by atomic mass is 10.5. The summed E-state index contributed by atoms with van der Waals surface area (Å²) in [6.45, 7) is 4.43. The van der Waals surface area contributed by atoms with Gasteiger partial charge < -0.3 is 0 Å². The first-order valence-corrected chi connectivity index (χ1v) is 9.19. The highest BCUT2D eigenvalue weighted by atomic mass is 32.3. The van der Waals surface area contributed by atoms with Crippen LogP contribution in [0.25, 0.3) is 0 Å². The maximum Gasteiger partial charge on any atom is 0.211 e. The summed E-state index contributed by atoms with van der Waals surface area (Å²) < 4.78 is 45.7. The molecule has 0 aromatic rings. The topological polar surface area (TPSA) is 85.3 Å². The van der Waals surface area contributed by atoms with Crippen LogP contribution in [0, 0.1) is 0 Å². The second-order valence-electron chi connectivity index (χ2n) is 3.94. The maximum atomic E-state index is 11.9. The monoisotopic (exact) mass is 298 g/mol. The molecule has 0 unspecified atom stereocenters. The van der Waals surface area contributed by atoms with Crippen molar-refractivity contribution in [1.29, 1.82) is 0 Å². The zero-order valence-electron chi connectivity index (χ0n) is 9.38. The van der Waals surface area contributed by atoms with E-state index in [2.05, 4.69) is 6.58 Å². The molecule has 1 aliphatic heterocycles. The van der Waals surface area contributed by atoms with Crippen molar-refractivity contribution < 1.29 is 21.6 Å². The van der Waals surface area contributed by atoms with E-state index in [-0.39, 0.29) is 23.7 Å². The van der Waals surface area contributed by atoms with Crippen LogP contribution in [0.4, 0.5) is 0 Å². The minimum atomic E-state index is -3.73. The predicted molar refractivity (Wildman–Crippen MR) is 68.3 cm³/mol. The van der Waals surface area contributed by atoms with E-state index in [1.807, 2.05) is 0 Å². The number of thioether (sulfide) groups is 1. The van der Waals surface area contributed by atoms with Gasteiger partial charge in [0.1, 0.15) is 0 Å². The molecule has 1 saturated heterocycles. The average Bonchev–Trinajstić information content (AvgIpc) is 2.22. The largest absolute Gasteiger partial charge is 0.282 e. The van der Waals surface area contributed by atoms with Crippen LogP contribution in [0.1, 0.15) is 13.3 Å². The van der Waals surface area contributed by atoms with Crippen LogP contribution in [0.2, 0.25) is 0 Å². The number of carbonyl (C=O) groups is 1. The third-order valence-electron chi connectivity index (χ3n) is 2.79. The number of rotatable bonds is 3. The first-order chi connectivity index (χ1) is 7.66. The van der Waals surface area contributed by atoms with Crippen LogP contribution >= 0.6 is 11.8 Å². The zero-order chi connectivity index (χ0) is 13.3. The van der Waals surface area contributed by atoms with Crippen molar-refractivity contribution in [2.75, 3.05) is 17.3 Å². The molecule has 17 heavy (non-hydrogen) atoms. The summed E-state index contributed by atoms with van der Waals surface area (Å²) in [6, 6.07) is 0. The lowest BCUT2D eigenvalue weighted by Gasteiger charge is -2.32. The van der Waals surface area contributed by atoms with Crippen LogP contribution < -0.4 is 0 Å².